The van der Waals surface area contributed by atoms with E-state index in [-0.39, 0.29) is 0 Å². The van der Waals surface area contributed by atoms with Gasteiger partial charge in [-0.1, -0.05) is 156 Å². The van der Waals surface area contributed by atoms with Crippen LogP contribution < -0.4 is 0 Å². The van der Waals surface area contributed by atoms with Gasteiger partial charge in [0, 0.05) is 24.4 Å². The summed E-state index contributed by atoms with van der Waals surface area (Å²) in [6.07, 6.45) is 37.8. The van der Waals surface area contributed by atoms with Crippen LogP contribution in [0.3, 0.4) is 0 Å². The molecule has 0 spiro atoms. The maximum Gasteiger partial charge on any atom is 0.111 e. The van der Waals surface area contributed by atoms with Gasteiger partial charge in [-0.3, -0.25) is 0 Å². The minimum absolute atomic E-state index is 0.591. The summed E-state index contributed by atoms with van der Waals surface area (Å²) < 4.78 is 2.56. The number of hydrogen-bond donors (Lipinski definition) is 0. The molecule has 0 amide bonds. The molecule has 0 aromatic carbocycles. The van der Waals surface area contributed by atoms with E-state index in [0.29, 0.717) is 12.0 Å². The molecule has 1 aromatic heterocycles. The molecular weight excluding hydrogens is 424 g/mol. The van der Waals surface area contributed by atoms with Crippen molar-refractivity contribution in [2.75, 3.05) is 0 Å². The second kappa shape index (κ2) is 23.6. The number of rotatable bonds is 26. The fourth-order valence-corrected chi connectivity index (χ4v) is 5.65. The standard InChI is InChI=1S/C33H64N2/c1-5-8-11-14-16-17-18-20-21-23-26-31(4)35-30-29-34-33(35)32(27-24-13-10-7-3)28-25-22-19-15-12-9-6-2/h29-32H,5-28H2,1-4H3. The average Bonchev–Trinajstić information content (AvgIpc) is 3.35. The van der Waals surface area contributed by atoms with Gasteiger partial charge < -0.3 is 4.57 Å². The zero-order valence-corrected chi connectivity index (χ0v) is 24.7. The predicted octanol–water partition coefficient (Wildman–Crippen LogP) is 11.9. The second-order valence-corrected chi connectivity index (χ2v) is 11.5. The highest BCUT2D eigenvalue weighted by Gasteiger charge is 2.19. The van der Waals surface area contributed by atoms with E-state index in [2.05, 4.69) is 44.7 Å². The summed E-state index contributed by atoms with van der Waals surface area (Å²) in [4.78, 5) is 4.94. The fraction of sp³-hybridized carbons (Fsp3) is 0.909. The molecule has 0 N–H and O–H groups in total. The van der Waals surface area contributed by atoms with Crippen LogP contribution in [-0.4, -0.2) is 9.55 Å². The first kappa shape index (κ1) is 32.2. The number of imidazole rings is 1. The smallest absolute Gasteiger partial charge is 0.111 e. The molecule has 2 heteroatoms. The molecule has 0 saturated carbocycles. The Bertz CT molecular complexity index is 549. The highest BCUT2D eigenvalue weighted by Crippen LogP contribution is 2.30. The highest BCUT2D eigenvalue weighted by molar-refractivity contribution is 5.02. The van der Waals surface area contributed by atoms with E-state index in [4.69, 9.17) is 4.98 Å². The zero-order valence-electron chi connectivity index (χ0n) is 24.7. The van der Waals surface area contributed by atoms with Crippen molar-refractivity contribution in [1.82, 2.24) is 9.55 Å². The van der Waals surface area contributed by atoms with Crippen LogP contribution in [0.5, 0.6) is 0 Å². The van der Waals surface area contributed by atoms with Crippen molar-refractivity contribution in [3.05, 3.63) is 18.2 Å². The van der Waals surface area contributed by atoms with Crippen LogP contribution in [-0.2, 0) is 0 Å². The van der Waals surface area contributed by atoms with Gasteiger partial charge >= 0.3 is 0 Å². The normalized spacial score (nSPS) is 13.4. The van der Waals surface area contributed by atoms with Crippen molar-refractivity contribution < 1.29 is 0 Å². The Labute approximate surface area is 221 Å². The number of nitrogens with zero attached hydrogens (tertiary/aromatic N) is 2. The minimum Gasteiger partial charge on any atom is -0.332 e. The summed E-state index contributed by atoms with van der Waals surface area (Å²) in [6, 6.07) is 0.591. The fourth-order valence-electron chi connectivity index (χ4n) is 5.65. The zero-order chi connectivity index (χ0) is 25.4. The third-order valence-electron chi connectivity index (χ3n) is 8.08. The van der Waals surface area contributed by atoms with E-state index in [1.807, 2.05) is 0 Å². The van der Waals surface area contributed by atoms with E-state index in [9.17, 15) is 0 Å². The molecule has 0 radical (unpaired) electrons. The predicted molar refractivity (Wildman–Crippen MR) is 158 cm³/mol. The Morgan fingerprint density at radius 3 is 1.37 bits per heavy atom. The molecule has 1 rings (SSSR count). The van der Waals surface area contributed by atoms with Crippen molar-refractivity contribution in [2.24, 2.45) is 0 Å². The maximum atomic E-state index is 4.94. The summed E-state index contributed by atoms with van der Waals surface area (Å²) in [5.74, 6) is 2.06. The highest BCUT2D eigenvalue weighted by atomic mass is 15.1. The van der Waals surface area contributed by atoms with Gasteiger partial charge in [0.05, 0.1) is 0 Å². The number of unbranched alkanes of at least 4 members (excludes halogenated alkanes) is 18. The molecule has 2 unspecified atom stereocenters. The Morgan fingerprint density at radius 1 is 0.543 bits per heavy atom. The SMILES string of the molecule is CCCCCCCCCCCCC(C)n1ccnc1C(CCCCCC)CCCCCCCCC. The lowest BCUT2D eigenvalue weighted by Crippen LogP contribution is -2.13. The maximum absolute atomic E-state index is 4.94. The molecule has 1 aromatic rings. The van der Waals surface area contributed by atoms with E-state index < -0.39 is 0 Å². The van der Waals surface area contributed by atoms with Crippen LogP contribution >= 0.6 is 0 Å². The lowest BCUT2D eigenvalue weighted by molar-refractivity contribution is 0.413. The first-order valence-electron chi connectivity index (χ1n) is 16.3. The average molecular weight is 489 g/mol. The van der Waals surface area contributed by atoms with Crippen molar-refractivity contribution in [3.8, 4) is 0 Å². The summed E-state index contributed by atoms with van der Waals surface area (Å²) >= 11 is 0. The quantitative estimate of drug-likeness (QED) is 0.118. The van der Waals surface area contributed by atoms with Crippen molar-refractivity contribution in [1.29, 1.82) is 0 Å². The van der Waals surface area contributed by atoms with E-state index in [1.165, 1.54) is 160 Å². The van der Waals surface area contributed by atoms with E-state index in [0.717, 1.165) is 0 Å². The van der Waals surface area contributed by atoms with Crippen molar-refractivity contribution >= 4 is 0 Å². The minimum atomic E-state index is 0.591. The molecule has 0 aliphatic carbocycles. The third-order valence-corrected chi connectivity index (χ3v) is 8.08. The third kappa shape index (κ3) is 16.6. The monoisotopic (exact) mass is 489 g/mol. The van der Waals surface area contributed by atoms with Gasteiger partial charge in [-0.25, -0.2) is 4.98 Å². The molecule has 0 saturated heterocycles. The molecule has 2 nitrogen and oxygen atoms in total. The van der Waals surface area contributed by atoms with Gasteiger partial charge in [0.1, 0.15) is 5.82 Å². The Balaban J connectivity index is 2.40. The molecule has 35 heavy (non-hydrogen) atoms. The summed E-state index contributed by atoms with van der Waals surface area (Å²) in [5.41, 5.74) is 0. The summed E-state index contributed by atoms with van der Waals surface area (Å²) in [5, 5.41) is 0. The molecular formula is C33H64N2. The first-order valence-corrected chi connectivity index (χ1v) is 16.3. The molecule has 2 atom stereocenters. The topological polar surface area (TPSA) is 17.8 Å². The molecule has 206 valence electrons. The summed E-state index contributed by atoms with van der Waals surface area (Å²) in [7, 11) is 0. The Hall–Kier alpha value is -0.790. The van der Waals surface area contributed by atoms with Crippen LogP contribution in [0, 0.1) is 0 Å². The molecule has 0 bridgehead atoms. The van der Waals surface area contributed by atoms with E-state index >= 15 is 0 Å². The lowest BCUT2D eigenvalue weighted by Gasteiger charge is -2.22. The Morgan fingerprint density at radius 2 is 0.914 bits per heavy atom. The van der Waals surface area contributed by atoms with Gasteiger partial charge in [-0.2, -0.15) is 0 Å². The van der Waals surface area contributed by atoms with Gasteiger partial charge in [0.15, 0.2) is 0 Å². The first-order chi connectivity index (χ1) is 17.2. The molecule has 0 aliphatic rings. The van der Waals surface area contributed by atoms with Crippen molar-refractivity contribution in [2.45, 2.75) is 194 Å². The Kier molecular flexibility index (Phi) is 21.7. The van der Waals surface area contributed by atoms with Crippen LogP contribution in [0.2, 0.25) is 0 Å². The number of aromatic nitrogens is 2. The molecule has 1 heterocycles. The number of hydrogen-bond acceptors (Lipinski definition) is 1. The van der Waals surface area contributed by atoms with Gasteiger partial charge in [-0.05, 0) is 26.2 Å². The van der Waals surface area contributed by atoms with Crippen LogP contribution in [0.25, 0.3) is 0 Å². The lowest BCUT2D eigenvalue weighted by atomic mass is 9.93. The van der Waals surface area contributed by atoms with Crippen LogP contribution in [0.15, 0.2) is 12.4 Å². The molecule has 0 aliphatic heterocycles. The van der Waals surface area contributed by atoms with Crippen LogP contribution in [0.1, 0.15) is 200 Å². The van der Waals surface area contributed by atoms with E-state index in [1.54, 1.807) is 0 Å². The largest absolute Gasteiger partial charge is 0.332 e. The second-order valence-electron chi connectivity index (χ2n) is 11.5. The van der Waals surface area contributed by atoms with Crippen LogP contribution in [0.4, 0.5) is 0 Å². The van der Waals surface area contributed by atoms with Crippen molar-refractivity contribution in [3.63, 3.8) is 0 Å². The van der Waals surface area contributed by atoms with Gasteiger partial charge in [0.25, 0.3) is 0 Å². The summed E-state index contributed by atoms with van der Waals surface area (Å²) in [6.45, 7) is 9.36. The van der Waals surface area contributed by atoms with Gasteiger partial charge in [0.2, 0.25) is 0 Å². The molecule has 0 fully saturated rings. The van der Waals surface area contributed by atoms with Gasteiger partial charge in [-0.15, -0.1) is 0 Å².